The maximum absolute atomic E-state index is 5.04. The van der Waals surface area contributed by atoms with Crippen LogP contribution in [0, 0.1) is 0 Å². The van der Waals surface area contributed by atoms with Gasteiger partial charge < -0.3 is 4.74 Å². The SMILES string of the molecule is CCC(Br)c1ccc(CCOC)cc1. The molecule has 1 rings (SSSR count). The molecule has 0 aliphatic carbocycles. The molecule has 0 radical (unpaired) electrons. The summed E-state index contributed by atoms with van der Waals surface area (Å²) in [7, 11) is 1.74. The molecule has 0 heterocycles. The Hall–Kier alpha value is -0.340. The fraction of sp³-hybridized carbons (Fsp3) is 0.500. The van der Waals surface area contributed by atoms with Gasteiger partial charge in [0.2, 0.25) is 0 Å². The third-order valence-corrected chi connectivity index (χ3v) is 3.47. The van der Waals surface area contributed by atoms with Crippen LogP contribution in [0.2, 0.25) is 0 Å². The van der Waals surface area contributed by atoms with Crippen LogP contribution in [0.5, 0.6) is 0 Å². The molecule has 1 nitrogen and oxygen atoms in total. The van der Waals surface area contributed by atoms with Crippen LogP contribution in [0.1, 0.15) is 29.3 Å². The van der Waals surface area contributed by atoms with Crippen molar-refractivity contribution in [2.24, 2.45) is 0 Å². The Morgan fingerprint density at radius 3 is 2.43 bits per heavy atom. The lowest BCUT2D eigenvalue weighted by molar-refractivity contribution is 0.202. The van der Waals surface area contributed by atoms with Gasteiger partial charge in [-0.15, -0.1) is 0 Å². The van der Waals surface area contributed by atoms with Crippen LogP contribution in [0.4, 0.5) is 0 Å². The summed E-state index contributed by atoms with van der Waals surface area (Å²) in [5.41, 5.74) is 2.69. The van der Waals surface area contributed by atoms with E-state index in [0.717, 1.165) is 19.4 Å². The molecule has 0 bridgehead atoms. The topological polar surface area (TPSA) is 9.23 Å². The van der Waals surface area contributed by atoms with Gasteiger partial charge in [0.15, 0.2) is 0 Å². The van der Waals surface area contributed by atoms with Crippen LogP contribution in [0.15, 0.2) is 24.3 Å². The Balaban J connectivity index is 2.59. The second-order valence-electron chi connectivity index (χ2n) is 3.36. The average molecular weight is 257 g/mol. The van der Waals surface area contributed by atoms with E-state index in [-0.39, 0.29) is 0 Å². The van der Waals surface area contributed by atoms with Gasteiger partial charge in [-0.25, -0.2) is 0 Å². The molecule has 1 aromatic carbocycles. The van der Waals surface area contributed by atoms with E-state index in [1.54, 1.807) is 7.11 Å². The van der Waals surface area contributed by atoms with Crippen LogP contribution in [0.3, 0.4) is 0 Å². The number of alkyl halides is 1. The summed E-state index contributed by atoms with van der Waals surface area (Å²) >= 11 is 3.64. The first-order chi connectivity index (χ1) is 6.77. The van der Waals surface area contributed by atoms with Gasteiger partial charge in [-0.2, -0.15) is 0 Å². The number of ether oxygens (including phenoxy) is 1. The van der Waals surface area contributed by atoms with Crippen molar-refractivity contribution in [2.75, 3.05) is 13.7 Å². The molecule has 0 spiro atoms. The Kier molecular flexibility index (Phi) is 5.20. The quantitative estimate of drug-likeness (QED) is 0.730. The third kappa shape index (κ3) is 3.43. The molecule has 0 fully saturated rings. The molecule has 1 atom stereocenters. The summed E-state index contributed by atoms with van der Waals surface area (Å²) < 4.78 is 5.04. The maximum Gasteiger partial charge on any atom is 0.0502 e. The molecule has 1 aromatic rings. The lowest BCUT2D eigenvalue weighted by Crippen LogP contribution is -1.95. The molecule has 0 saturated carbocycles. The zero-order valence-electron chi connectivity index (χ0n) is 8.79. The normalized spacial score (nSPS) is 12.8. The molecule has 0 aliphatic heterocycles. The van der Waals surface area contributed by atoms with Crippen molar-refractivity contribution in [3.05, 3.63) is 35.4 Å². The van der Waals surface area contributed by atoms with E-state index >= 15 is 0 Å². The van der Waals surface area contributed by atoms with Crippen LogP contribution in [-0.2, 0) is 11.2 Å². The molecule has 0 amide bonds. The van der Waals surface area contributed by atoms with E-state index in [4.69, 9.17) is 4.74 Å². The number of hydrogen-bond donors (Lipinski definition) is 0. The smallest absolute Gasteiger partial charge is 0.0502 e. The second-order valence-corrected chi connectivity index (χ2v) is 4.47. The number of hydrogen-bond acceptors (Lipinski definition) is 1. The first kappa shape index (κ1) is 11.7. The van der Waals surface area contributed by atoms with E-state index < -0.39 is 0 Å². The minimum Gasteiger partial charge on any atom is -0.384 e. The molecule has 2 heteroatoms. The highest BCUT2D eigenvalue weighted by Crippen LogP contribution is 2.25. The summed E-state index contributed by atoms with van der Waals surface area (Å²) in [6, 6.07) is 8.73. The summed E-state index contributed by atoms with van der Waals surface area (Å²) in [5.74, 6) is 0. The van der Waals surface area contributed by atoms with E-state index in [1.807, 2.05) is 0 Å². The van der Waals surface area contributed by atoms with Crippen molar-refractivity contribution in [3.8, 4) is 0 Å². The molecule has 0 saturated heterocycles. The van der Waals surface area contributed by atoms with Crippen molar-refractivity contribution in [1.29, 1.82) is 0 Å². The minimum atomic E-state index is 0.485. The Morgan fingerprint density at radius 1 is 1.29 bits per heavy atom. The van der Waals surface area contributed by atoms with E-state index in [0.29, 0.717) is 4.83 Å². The lowest BCUT2D eigenvalue weighted by atomic mass is 10.1. The van der Waals surface area contributed by atoms with Gasteiger partial charge in [0.1, 0.15) is 0 Å². The van der Waals surface area contributed by atoms with Gasteiger partial charge in [0.05, 0.1) is 6.61 Å². The molecule has 0 aliphatic rings. The van der Waals surface area contributed by atoms with Crippen molar-refractivity contribution < 1.29 is 4.74 Å². The Morgan fingerprint density at radius 2 is 1.93 bits per heavy atom. The first-order valence-corrected chi connectivity index (χ1v) is 5.91. The Bertz CT molecular complexity index is 256. The molecule has 0 aromatic heterocycles. The van der Waals surface area contributed by atoms with Gasteiger partial charge in [0.25, 0.3) is 0 Å². The average Bonchev–Trinajstić information content (AvgIpc) is 2.26. The summed E-state index contributed by atoms with van der Waals surface area (Å²) in [4.78, 5) is 0.485. The predicted molar refractivity (Wildman–Crippen MR) is 64.0 cm³/mol. The fourth-order valence-electron chi connectivity index (χ4n) is 1.35. The van der Waals surface area contributed by atoms with E-state index in [2.05, 4.69) is 47.1 Å². The third-order valence-electron chi connectivity index (χ3n) is 2.29. The highest BCUT2D eigenvalue weighted by Gasteiger charge is 2.03. The molecule has 78 valence electrons. The number of halogens is 1. The number of rotatable bonds is 5. The highest BCUT2D eigenvalue weighted by molar-refractivity contribution is 9.09. The van der Waals surface area contributed by atoms with Gasteiger partial charge >= 0.3 is 0 Å². The molecule has 14 heavy (non-hydrogen) atoms. The number of benzene rings is 1. The molecular formula is C12H17BrO. The maximum atomic E-state index is 5.04. The summed E-state index contributed by atoms with van der Waals surface area (Å²) in [6.45, 7) is 2.98. The fourth-order valence-corrected chi connectivity index (χ4v) is 1.65. The van der Waals surface area contributed by atoms with Crippen molar-refractivity contribution >= 4 is 15.9 Å². The summed E-state index contributed by atoms with van der Waals surface area (Å²) in [6.07, 6.45) is 2.12. The lowest BCUT2D eigenvalue weighted by Gasteiger charge is -2.08. The van der Waals surface area contributed by atoms with Crippen LogP contribution in [0.25, 0.3) is 0 Å². The van der Waals surface area contributed by atoms with Crippen LogP contribution < -0.4 is 0 Å². The molecule has 0 N–H and O–H groups in total. The highest BCUT2D eigenvalue weighted by atomic mass is 79.9. The minimum absolute atomic E-state index is 0.485. The molecule has 1 unspecified atom stereocenters. The van der Waals surface area contributed by atoms with Gasteiger partial charge in [-0.1, -0.05) is 47.1 Å². The van der Waals surface area contributed by atoms with Crippen LogP contribution in [-0.4, -0.2) is 13.7 Å². The van der Waals surface area contributed by atoms with E-state index in [1.165, 1.54) is 11.1 Å². The van der Waals surface area contributed by atoms with Crippen molar-refractivity contribution in [3.63, 3.8) is 0 Å². The van der Waals surface area contributed by atoms with Crippen molar-refractivity contribution in [1.82, 2.24) is 0 Å². The zero-order valence-corrected chi connectivity index (χ0v) is 10.4. The van der Waals surface area contributed by atoms with Crippen molar-refractivity contribution in [2.45, 2.75) is 24.6 Å². The monoisotopic (exact) mass is 256 g/mol. The summed E-state index contributed by atoms with van der Waals surface area (Å²) in [5, 5.41) is 0. The standard InChI is InChI=1S/C12H17BrO/c1-3-12(13)11-6-4-10(5-7-11)8-9-14-2/h4-7,12H,3,8-9H2,1-2H3. The van der Waals surface area contributed by atoms with Gasteiger partial charge in [-0.05, 0) is 24.0 Å². The first-order valence-electron chi connectivity index (χ1n) is 4.99. The Labute approximate surface area is 94.6 Å². The second kappa shape index (κ2) is 6.20. The van der Waals surface area contributed by atoms with Gasteiger partial charge in [-0.3, -0.25) is 0 Å². The van der Waals surface area contributed by atoms with Crippen LogP contribution >= 0.6 is 15.9 Å². The number of methoxy groups -OCH3 is 1. The van der Waals surface area contributed by atoms with E-state index in [9.17, 15) is 0 Å². The van der Waals surface area contributed by atoms with Gasteiger partial charge in [0, 0.05) is 11.9 Å². The zero-order chi connectivity index (χ0) is 10.4. The largest absolute Gasteiger partial charge is 0.384 e. The predicted octanol–water partition coefficient (Wildman–Crippen LogP) is 3.72. The molecular weight excluding hydrogens is 240 g/mol.